The topological polar surface area (TPSA) is 49.4 Å². The van der Waals surface area contributed by atoms with Crippen molar-refractivity contribution < 1.29 is 14.0 Å². The fourth-order valence-electron chi connectivity index (χ4n) is 4.00. The molecule has 1 saturated carbocycles. The van der Waals surface area contributed by atoms with E-state index < -0.39 is 0 Å². The highest BCUT2D eigenvalue weighted by Crippen LogP contribution is 2.36. The first-order valence-corrected chi connectivity index (χ1v) is 9.96. The van der Waals surface area contributed by atoms with Crippen molar-refractivity contribution in [1.82, 2.24) is 10.2 Å². The maximum Gasteiger partial charge on any atom is 0.225 e. The highest BCUT2D eigenvalue weighted by atomic mass is 19.1. The van der Waals surface area contributed by atoms with E-state index in [9.17, 15) is 14.0 Å². The smallest absolute Gasteiger partial charge is 0.225 e. The third-order valence-electron chi connectivity index (χ3n) is 5.69. The van der Waals surface area contributed by atoms with Crippen LogP contribution in [-0.2, 0) is 16.1 Å². The molecule has 4 rings (SSSR count). The van der Waals surface area contributed by atoms with Gasteiger partial charge >= 0.3 is 0 Å². The Labute approximate surface area is 164 Å². The number of nitrogens with one attached hydrogen (secondary N) is 1. The molecule has 1 aliphatic heterocycles. The van der Waals surface area contributed by atoms with Crippen LogP contribution in [0.1, 0.15) is 36.3 Å². The van der Waals surface area contributed by atoms with E-state index in [1.165, 1.54) is 17.7 Å². The number of carbonyl (C=O) groups excluding carboxylic acids is 2. The number of piperidine rings is 1. The molecule has 1 saturated heterocycles. The minimum Gasteiger partial charge on any atom is -0.352 e. The molecule has 0 radical (unpaired) electrons. The summed E-state index contributed by atoms with van der Waals surface area (Å²) in [5.41, 5.74) is 1.90. The van der Waals surface area contributed by atoms with Crippen LogP contribution < -0.4 is 5.32 Å². The predicted molar refractivity (Wildman–Crippen MR) is 105 cm³/mol. The summed E-state index contributed by atoms with van der Waals surface area (Å²) in [6.45, 7) is 1.43. The zero-order chi connectivity index (χ0) is 19.5. The third-order valence-corrected chi connectivity index (χ3v) is 5.69. The van der Waals surface area contributed by atoms with Crippen LogP contribution in [0.4, 0.5) is 4.39 Å². The largest absolute Gasteiger partial charge is 0.352 e. The van der Waals surface area contributed by atoms with E-state index in [0.717, 1.165) is 18.4 Å². The van der Waals surface area contributed by atoms with Gasteiger partial charge in [-0.25, -0.2) is 4.39 Å². The maximum atomic E-state index is 13.3. The van der Waals surface area contributed by atoms with E-state index in [2.05, 4.69) is 17.4 Å². The first kappa shape index (κ1) is 18.7. The van der Waals surface area contributed by atoms with Gasteiger partial charge in [0.1, 0.15) is 5.82 Å². The average molecular weight is 380 g/mol. The number of nitrogens with zero attached hydrogens (tertiary/aromatic N) is 1. The van der Waals surface area contributed by atoms with E-state index in [-0.39, 0.29) is 35.4 Å². The maximum absolute atomic E-state index is 13.3. The predicted octanol–water partition coefficient (Wildman–Crippen LogP) is 3.48. The van der Waals surface area contributed by atoms with Gasteiger partial charge in [0.05, 0.1) is 5.92 Å². The molecule has 146 valence electrons. The number of carbonyl (C=O) groups is 2. The van der Waals surface area contributed by atoms with Crippen LogP contribution in [-0.4, -0.2) is 29.8 Å². The number of amides is 2. The van der Waals surface area contributed by atoms with Crippen LogP contribution in [0.15, 0.2) is 54.6 Å². The molecule has 1 N–H and O–H groups in total. The van der Waals surface area contributed by atoms with Gasteiger partial charge in [0, 0.05) is 31.5 Å². The number of halogens is 1. The third kappa shape index (κ3) is 4.41. The second-order valence-corrected chi connectivity index (χ2v) is 7.91. The lowest BCUT2D eigenvalue weighted by atomic mass is 9.84. The van der Waals surface area contributed by atoms with Crippen LogP contribution >= 0.6 is 0 Å². The summed E-state index contributed by atoms with van der Waals surface area (Å²) in [5, 5.41) is 2.93. The zero-order valence-electron chi connectivity index (χ0n) is 15.8. The molecule has 0 spiro atoms. The highest BCUT2D eigenvalue weighted by molar-refractivity contribution is 5.83. The molecule has 4 nitrogen and oxygen atoms in total. The molecule has 0 aromatic heterocycles. The Morgan fingerprint density at radius 1 is 1.00 bits per heavy atom. The molecule has 2 amide bonds. The number of hydrogen-bond donors (Lipinski definition) is 1. The monoisotopic (exact) mass is 380 g/mol. The van der Waals surface area contributed by atoms with Crippen molar-refractivity contribution in [1.29, 1.82) is 0 Å². The quantitative estimate of drug-likeness (QED) is 0.863. The number of benzene rings is 2. The fourth-order valence-corrected chi connectivity index (χ4v) is 4.00. The van der Waals surface area contributed by atoms with Crippen molar-refractivity contribution in [3.05, 3.63) is 71.5 Å². The van der Waals surface area contributed by atoms with Crippen LogP contribution in [0, 0.1) is 17.7 Å². The summed E-state index contributed by atoms with van der Waals surface area (Å²) in [4.78, 5) is 27.4. The van der Waals surface area contributed by atoms with Gasteiger partial charge in [-0.3, -0.25) is 9.59 Å². The highest BCUT2D eigenvalue weighted by Gasteiger charge is 2.39. The van der Waals surface area contributed by atoms with Crippen molar-refractivity contribution in [3.8, 4) is 0 Å². The van der Waals surface area contributed by atoms with E-state index in [1.807, 2.05) is 23.1 Å². The summed E-state index contributed by atoms with van der Waals surface area (Å²) in [7, 11) is 0. The Hall–Kier alpha value is -2.69. The molecule has 1 aliphatic carbocycles. The SMILES string of the molecule is O=C(NCc1cccc(F)c1)C1CC(c2ccccc2)CN(C(=O)C2CC2)C1. The molecule has 2 unspecified atom stereocenters. The first-order valence-electron chi connectivity index (χ1n) is 9.96. The molecule has 0 bridgehead atoms. The first-order chi connectivity index (χ1) is 13.6. The summed E-state index contributed by atoms with van der Waals surface area (Å²) >= 11 is 0. The molecule has 2 aromatic carbocycles. The second-order valence-electron chi connectivity index (χ2n) is 7.91. The van der Waals surface area contributed by atoms with Gasteiger partial charge in [-0.1, -0.05) is 42.5 Å². The van der Waals surface area contributed by atoms with Crippen molar-refractivity contribution in [2.75, 3.05) is 13.1 Å². The Bertz CT molecular complexity index is 851. The van der Waals surface area contributed by atoms with Crippen LogP contribution in [0.5, 0.6) is 0 Å². The van der Waals surface area contributed by atoms with Gasteiger partial charge in [0.15, 0.2) is 0 Å². The van der Waals surface area contributed by atoms with Crippen molar-refractivity contribution >= 4 is 11.8 Å². The molecule has 1 heterocycles. The number of rotatable bonds is 5. The lowest BCUT2D eigenvalue weighted by Crippen LogP contribution is -2.48. The van der Waals surface area contributed by atoms with Gasteiger partial charge < -0.3 is 10.2 Å². The minimum atomic E-state index is -0.310. The Kier molecular flexibility index (Phi) is 5.42. The summed E-state index contributed by atoms with van der Waals surface area (Å²) < 4.78 is 13.3. The van der Waals surface area contributed by atoms with Gasteiger partial charge in [-0.05, 0) is 42.5 Å². The van der Waals surface area contributed by atoms with E-state index >= 15 is 0 Å². The summed E-state index contributed by atoms with van der Waals surface area (Å²) in [6, 6.07) is 16.3. The Morgan fingerprint density at radius 3 is 2.50 bits per heavy atom. The van der Waals surface area contributed by atoms with Crippen LogP contribution in [0.2, 0.25) is 0 Å². The van der Waals surface area contributed by atoms with Gasteiger partial charge in [0.25, 0.3) is 0 Å². The molecule has 2 atom stereocenters. The summed E-state index contributed by atoms with van der Waals surface area (Å²) in [5.74, 6) is -0.153. The normalized spacial score (nSPS) is 22.0. The number of likely N-dealkylation sites (tertiary alicyclic amines) is 1. The van der Waals surface area contributed by atoms with Crippen LogP contribution in [0.25, 0.3) is 0 Å². The fraction of sp³-hybridized carbons (Fsp3) is 0.391. The Morgan fingerprint density at radius 2 is 1.79 bits per heavy atom. The molecular formula is C23H25FN2O2. The second kappa shape index (κ2) is 8.13. The molecule has 28 heavy (non-hydrogen) atoms. The zero-order valence-corrected chi connectivity index (χ0v) is 15.8. The molecule has 2 fully saturated rings. The van der Waals surface area contributed by atoms with Crippen LogP contribution in [0.3, 0.4) is 0 Å². The summed E-state index contributed by atoms with van der Waals surface area (Å²) in [6.07, 6.45) is 2.64. The van der Waals surface area contributed by atoms with Gasteiger partial charge in [0.2, 0.25) is 11.8 Å². The van der Waals surface area contributed by atoms with Gasteiger partial charge in [-0.15, -0.1) is 0 Å². The minimum absolute atomic E-state index is 0.0708. The molecule has 2 aliphatic rings. The standard InChI is InChI=1S/C23H25FN2O2/c24-21-8-4-5-16(11-21)13-25-22(27)20-12-19(17-6-2-1-3-7-17)14-26(15-20)23(28)18-9-10-18/h1-8,11,18-20H,9-10,12-15H2,(H,25,27). The molecular weight excluding hydrogens is 355 g/mol. The molecule has 2 aromatic rings. The lowest BCUT2D eigenvalue weighted by molar-refractivity contribution is -0.137. The van der Waals surface area contributed by atoms with E-state index in [4.69, 9.17) is 0 Å². The Balaban J connectivity index is 1.46. The average Bonchev–Trinajstić information content (AvgIpc) is 3.57. The number of hydrogen-bond acceptors (Lipinski definition) is 2. The van der Waals surface area contributed by atoms with E-state index in [1.54, 1.807) is 12.1 Å². The van der Waals surface area contributed by atoms with Gasteiger partial charge in [-0.2, -0.15) is 0 Å². The lowest BCUT2D eigenvalue weighted by Gasteiger charge is -2.37. The van der Waals surface area contributed by atoms with E-state index in [0.29, 0.717) is 26.1 Å². The van der Waals surface area contributed by atoms with Crippen molar-refractivity contribution in [3.63, 3.8) is 0 Å². The molecule has 5 heteroatoms. The van der Waals surface area contributed by atoms with Crippen molar-refractivity contribution in [2.24, 2.45) is 11.8 Å². The van der Waals surface area contributed by atoms with Crippen molar-refractivity contribution in [2.45, 2.75) is 31.7 Å².